The summed E-state index contributed by atoms with van der Waals surface area (Å²) in [5, 5.41) is 0.796. The second-order valence-electron chi connectivity index (χ2n) is 4.45. The van der Waals surface area contributed by atoms with Gasteiger partial charge in [-0.05, 0) is 30.5 Å². The molecule has 1 aromatic rings. The van der Waals surface area contributed by atoms with E-state index in [0.717, 1.165) is 23.4 Å². The molecule has 1 saturated heterocycles. The average molecular weight is 256 g/mol. The Hall–Kier alpha value is -0.610. The number of nitrogens with two attached hydrogens (primary N) is 1. The first-order chi connectivity index (χ1) is 8.15. The number of hydrogen-bond donors (Lipinski definition) is 1. The summed E-state index contributed by atoms with van der Waals surface area (Å²) in [4.78, 5) is 0. The molecule has 0 amide bonds. The molecule has 3 nitrogen and oxygen atoms in total. The van der Waals surface area contributed by atoms with E-state index in [-0.39, 0.29) is 12.3 Å². The third-order valence-corrected chi connectivity index (χ3v) is 3.33. The van der Waals surface area contributed by atoms with Gasteiger partial charge in [-0.1, -0.05) is 23.7 Å². The zero-order valence-corrected chi connectivity index (χ0v) is 10.7. The van der Waals surface area contributed by atoms with Crippen molar-refractivity contribution in [3.8, 4) is 0 Å². The smallest absolute Gasteiger partial charge is 0.159 e. The first-order valence-electron chi connectivity index (χ1n) is 5.89. The molecule has 17 heavy (non-hydrogen) atoms. The predicted octanol–water partition coefficient (Wildman–Crippen LogP) is 2.28. The van der Waals surface area contributed by atoms with Gasteiger partial charge in [-0.3, -0.25) is 0 Å². The van der Waals surface area contributed by atoms with Gasteiger partial charge in [0.25, 0.3) is 0 Å². The molecule has 1 aliphatic rings. The minimum absolute atomic E-state index is 0.0543. The van der Waals surface area contributed by atoms with Crippen LogP contribution in [0.3, 0.4) is 0 Å². The van der Waals surface area contributed by atoms with Crippen LogP contribution in [-0.4, -0.2) is 25.5 Å². The zero-order valence-electron chi connectivity index (χ0n) is 9.99. The van der Waals surface area contributed by atoms with Crippen LogP contribution in [0.1, 0.15) is 17.5 Å². The summed E-state index contributed by atoms with van der Waals surface area (Å²) in [5.74, 6) is 0. The fraction of sp³-hybridized carbons (Fsp3) is 0.538. The lowest BCUT2D eigenvalue weighted by atomic mass is 10.0. The van der Waals surface area contributed by atoms with Crippen molar-refractivity contribution >= 4 is 11.6 Å². The fourth-order valence-corrected chi connectivity index (χ4v) is 2.13. The first-order valence-corrected chi connectivity index (χ1v) is 6.27. The lowest BCUT2D eigenvalue weighted by molar-refractivity contribution is -0.0504. The average Bonchev–Trinajstić information content (AvgIpc) is 2.76. The number of benzene rings is 1. The van der Waals surface area contributed by atoms with E-state index in [1.807, 2.05) is 19.1 Å². The first kappa shape index (κ1) is 12.8. The molecule has 0 saturated carbocycles. The Balaban J connectivity index is 1.88. The maximum Gasteiger partial charge on any atom is 0.159 e. The molecule has 4 heteroatoms. The molecule has 0 bridgehead atoms. The molecular weight excluding hydrogens is 238 g/mol. The van der Waals surface area contributed by atoms with E-state index in [0.29, 0.717) is 13.2 Å². The number of hydrogen-bond acceptors (Lipinski definition) is 3. The van der Waals surface area contributed by atoms with Gasteiger partial charge < -0.3 is 15.2 Å². The minimum atomic E-state index is -0.126. The summed E-state index contributed by atoms with van der Waals surface area (Å²) in [5.41, 5.74) is 8.37. The maximum atomic E-state index is 6.08. The fourth-order valence-electron chi connectivity index (χ4n) is 2.01. The van der Waals surface area contributed by atoms with Crippen LogP contribution in [0.2, 0.25) is 5.02 Å². The summed E-state index contributed by atoms with van der Waals surface area (Å²) in [7, 11) is 0. The second-order valence-corrected chi connectivity index (χ2v) is 4.86. The van der Waals surface area contributed by atoms with Crippen LogP contribution < -0.4 is 5.73 Å². The van der Waals surface area contributed by atoms with Crippen LogP contribution in [-0.2, 0) is 15.9 Å². The van der Waals surface area contributed by atoms with Gasteiger partial charge in [0.1, 0.15) is 0 Å². The Bertz CT molecular complexity index is 378. The van der Waals surface area contributed by atoms with Gasteiger partial charge in [0.05, 0.1) is 13.2 Å². The quantitative estimate of drug-likeness (QED) is 0.898. The highest BCUT2D eigenvalue weighted by Crippen LogP contribution is 2.18. The highest BCUT2D eigenvalue weighted by atomic mass is 35.5. The summed E-state index contributed by atoms with van der Waals surface area (Å²) >= 11 is 5.98. The normalized spacial score (nSPS) is 18.5. The Morgan fingerprint density at radius 2 is 2.12 bits per heavy atom. The SMILES string of the molecule is Cc1cc(CC(N)CC2OCCO2)ccc1Cl. The van der Waals surface area contributed by atoms with Crippen molar-refractivity contribution in [2.45, 2.75) is 32.1 Å². The maximum absolute atomic E-state index is 6.08. The van der Waals surface area contributed by atoms with Gasteiger partial charge in [-0.25, -0.2) is 0 Å². The highest BCUT2D eigenvalue weighted by molar-refractivity contribution is 6.31. The van der Waals surface area contributed by atoms with Crippen LogP contribution in [0, 0.1) is 6.92 Å². The van der Waals surface area contributed by atoms with Gasteiger partial charge in [-0.2, -0.15) is 0 Å². The monoisotopic (exact) mass is 255 g/mol. The van der Waals surface area contributed by atoms with E-state index in [1.54, 1.807) is 0 Å². The highest BCUT2D eigenvalue weighted by Gasteiger charge is 2.19. The van der Waals surface area contributed by atoms with Crippen LogP contribution in [0.15, 0.2) is 18.2 Å². The molecule has 2 N–H and O–H groups in total. The van der Waals surface area contributed by atoms with E-state index in [1.165, 1.54) is 5.56 Å². The molecule has 0 aromatic heterocycles. The van der Waals surface area contributed by atoms with E-state index in [9.17, 15) is 0 Å². The molecule has 0 aliphatic carbocycles. The van der Waals surface area contributed by atoms with E-state index < -0.39 is 0 Å². The summed E-state index contributed by atoms with van der Waals surface area (Å²) in [6.45, 7) is 3.36. The molecule has 2 rings (SSSR count). The van der Waals surface area contributed by atoms with Gasteiger partial charge in [0, 0.05) is 17.5 Å². The molecule has 0 spiro atoms. The summed E-state index contributed by atoms with van der Waals surface area (Å²) in [6, 6.07) is 6.07. The van der Waals surface area contributed by atoms with Crippen LogP contribution in [0.25, 0.3) is 0 Å². The zero-order chi connectivity index (χ0) is 12.3. The predicted molar refractivity (Wildman–Crippen MR) is 68.2 cm³/mol. The van der Waals surface area contributed by atoms with Crippen molar-refractivity contribution in [1.29, 1.82) is 0 Å². The topological polar surface area (TPSA) is 44.5 Å². The summed E-state index contributed by atoms with van der Waals surface area (Å²) in [6.07, 6.45) is 1.43. The van der Waals surface area contributed by atoms with Crippen molar-refractivity contribution in [2.75, 3.05) is 13.2 Å². The third kappa shape index (κ3) is 3.68. The standard InChI is InChI=1S/C13H18ClNO2/c1-9-6-10(2-3-12(9)14)7-11(15)8-13-16-4-5-17-13/h2-3,6,11,13H,4-5,7-8,15H2,1H3. The van der Waals surface area contributed by atoms with E-state index in [4.69, 9.17) is 26.8 Å². The van der Waals surface area contributed by atoms with Gasteiger partial charge in [0.15, 0.2) is 6.29 Å². The Kier molecular flexibility index (Phi) is 4.40. The van der Waals surface area contributed by atoms with Crippen molar-refractivity contribution in [3.63, 3.8) is 0 Å². The number of ether oxygens (including phenoxy) is 2. The molecule has 0 radical (unpaired) electrons. The number of halogens is 1. The number of aryl methyl sites for hydroxylation is 1. The van der Waals surface area contributed by atoms with Crippen LogP contribution >= 0.6 is 11.6 Å². The Morgan fingerprint density at radius 3 is 2.76 bits per heavy atom. The van der Waals surface area contributed by atoms with Crippen molar-refractivity contribution in [2.24, 2.45) is 5.73 Å². The van der Waals surface area contributed by atoms with Gasteiger partial charge >= 0.3 is 0 Å². The lowest BCUT2D eigenvalue weighted by Crippen LogP contribution is -2.28. The number of rotatable bonds is 4. The lowest BCUT2D eigenvalue weighted by Gasteiger charge is -2.16. The van der Waals surface area contributed by atoms with Crippen molar-refractivity contribution in [1.82, 2.24) is 0 Å². The summed E-state index contributed by atoms with van der Waals surface area (Å²) < 4.78 is 10.8. The molecule has 94 valence electrons. The molecule has 1 unspecified atom stereocenters. The van der Waals surface area contributed by atoms with Crippen LogP contribution in [0.4, 0.5) is 0 Å². The Morgan fingerprint density at radius 1 is 1.41 bits per heavy atom. The Labute approximate surface area is 107 Å². The molecule has 1 aliphatic heterocycles. The molecule has 1 heterocycles. The third-order valence-electron chi connectivity index (χ3n) is 2.91. The molecule has 1 aromatic carbocycles. The van der Waals surface area contributed by atoms with Crippen molar-refractivity contribution < 1.29 is 9.47 Å². The second kappa shape index (κ2) is 5.83. The minimum Gasteiger partial charge on any atom is -0.350 e. The molecular formula is C13H18ClNO2. The van der Waals surface area contributed by atoms with Crippen molar-refractivity contribution in [3.05, 3.63) is 34.3 Å². The van der Waals surface area contributed by atoms with Gasteiger partial charge in [0.2, 0.25) is 0 Å². The van der Waals surface area contributed by atoms with E-state index in [2.05, 4.69) is 6.07 Å². The largest absolute Gasteiger partial charge is 0.350 e. The van der Waals surface area contributed by atoms with Crippen LogP contribution in [0.5, 0.6) is 0 Å². The van der Waals surface area contributed by atoms with Gasteiger partial charge in [-0.15, -0.1) is 0 Å². The molecule has 1 atom stereocenters. The molecule has 1 fully saturated rings. The van der Waals surface area contributed by atoms with E-state index >= 15 is 0 Å².